The average Bonchev–Trinajstić information content (AvgIpc) is 2.49. The Morgan fingerprint density at radius 1 is 1.35 bits per heavy atom. The lowest BCUT2D eigenvalue weighted by Crippen LogP contribution is -2.41. The number of ether oxygens (including phenoxy) is 1. The van der Waals surface area contributed by atoms with Crippen LogP contribution in [0.5, 0.6) is 5.75 Å². The van der Waals surface area contributed by atoms with E-state index in [0.717, 1.165) is 25.9 Å². The number of benzene rings is 1. The fourth-order valence-corrected chi connectivity index (χ4v) is 2.36. The number of piperidine rings is 1. The number of halogens is 1. The molecule has 4 nitrogen and oxygen atoms in total. The summed E-state index contributed by atoms with van der Waals surface area (Å²) in [6, 6.07) is 4.74. The van der Waals surface area contributed by atoms with E-state index in [4.69, 9.17) is 4.74 Å². The minimum atomic E-state index is -0.317. The monoisotopic (exact) mass is 280 g/mol. The Bertz CT molecular complexity index is 459. The average molecular weight is 280 g/mol. The highest BCUT2D eigenvalue weighted by Gasteiger charge is 2.15. The molecule has 110 valence electrons. The summed E-state index contributed by atoms with van der Waals surface area (Å²) in [6.07, 6.45) is 3.37. The lowest BCUT2D eigenvalue weighted by molar-refractivity contribution is -0.131. The Morgan fingerprint density at radius 2 is 2.10 bits per heavy atom. The van der Waals surface area contributed by atoms with Gasteiger partial charge in [-0.3, -0.25) is 4.79 Å². The van der Waals surface area contributed by atoms with Crippen LogP contribution >= 0.6 is 0 Å². The lowest BCUT2D eigenvalue weighted by atomic mass is 10.1. The van der Waals surface area contributed by atoms with Crippen LogP contribution in [0.15, 0.2) is 18.2 Å². The topological polar surface area (TPSA) is 41.6 Å². The van der Waals surface area contributed by atoms with Gasteiger partial charge >= 0.3 is 0 Å². The summed E-state index contributed by atoms with van der Waals surface area (Å²) in [7, 11) is 1.50. The second-order valence-electron chi connectivity index (χ2n) is 5.00. The number of carbonyl (C=O) groups excluding carboxylic acids is 1. The van der Waals surface area contributed by atoms with Crippen molar-refractivity contribution in [2.45, 2.75) is 25.8 Å². The molecule has 1 saturated heterocycles. The molecule has 1 aromatic carbocycles. The summed E-state index contributed by atoms with van der Waals surface area (Å²) < 4.78 is 18.7. The molecule has 2 rings (SSSR count). The first-order chi connectivity index (χ1) is 9.70. The third kappa shape index (κ3) is 3.93. The quantitative estimate of drug-likeness (QED) is 0.896. The Morgan fingerprint density at radius 3 is 2.75 bits per heavy atom. The van der Waals surface area contributed by atoms with E-state index in [2.05, 4.69) is 5.32 Å². The second kappa shape index (κ2) is 7.24. The minimum absolute atomic E-state index is 0.0959. The van der Waals surface area contributed by atoms with Crippen molar-refractivity contribution in [3.8, 4) is 5.75 Å². The smallest absolute Gasteiger partial charge is 0.236 e. The van der Waals surface area contributed by atoms with Crippen molar-refractivity contribution < 1.29 is 13.9 Å². The van der Waals surface area contributed by atoms with Gasteiger partial charge in [-0.25, -0.2) is 4.39 Å². The maximum Gasteiger partial charge on any atom is 0.236 e. The molecule has 0 aromatic heterocycles. The van der Waals surface area contributed by atoms with Crippen molar-refractivity contribution in [3.63, 3.8) is 0 Å². The largest absolute Gasteiger partial charge is 0.497 e. The Balaban J connectivity index is 1.79. The molecule has 0 saturated carbocycles. The second-order valence-corrected chi connectivity index (χ2v) is 5.00. The highest BCUT2D eigenvalue weighted by atomic mass is 19.1. The summed E-state index contributed by atoms with van der Waals surface area (Å²) in [5.41, 5.74) is 0.539. The van der Waals surface area contributed by atoms with Gasteiger partial charge in [-0.15, -0.1) is 0 Å². The predicted octanol–water partition coefficient (Wildman–Crippen LogP) is 1.94. The van der Waals surface area contributed by atoms with Crippen molar-refractivity contribution in [2.24, 2.45) is 0 Å². The predicted molar refractivity (Wildman–Crippen MR) is 75.1 cm³/mol. The number of nitrogens with zero attached hydrogens (tertiary/aromatic N) is 1. The number of nitrogens with one attached hydrogen (secondary N) is 1. The van der Waals surface area contributed by atoms with Crippen LogP contribution in [0.3, 0.4) is 0 Å². The number of rotatable bonds is 5. The van der Waals surface area contributed by atoms with Gasteiger partial charge in [-0.2, -0.15) is 0 Å². The van der Waals surface area contributed by atoms with Crippen molar-refractivity contribution in [2.75, 3.05) is 26.7 Å². The summed E-state index contributed by atoms with van der Waals surface area (Å²) in [5.74, 6) is 0.275. The van der Waals surface area contributed by atoms with Crippen LogP contribution in [-0.2, 0) is 11.3 Å². The van der Waals surface area contributed by atoms with Gasteiger partial charge in [0.2, 0.25) is 5.91 Å². The standard InChI is InChI=1S/C15H21FN2O2/c1-20-13-6-5-12(14(16)9-13)10-17-11-15(19)18-7-3-2-4-8-18/h5-6,9,17H,2-4,7-8,10-11H2,1H3. The van der Waals surface area contributed by atoms with Crippen molar-refractivity contribution >= 4 is 5.91 Å². The van der Waals surface area contributed by atoms with Gasteiger partial charge in [0.1, 0.15) is 11.6 Å². The zero-order chi connectivity index (χ0) is 14.4. The highest BCUT2D eigenvalue weighted by molar-refractivity contribution is 5.78. The number of likely N-dealkylation sites (tertiary alicyclic amines) is 1. The van der Waals surface area contributed by atoms with Gasteiger partial charge in [-0.1, -0.05) is 6.07 Å². The summed E-state index contributed by atoms with van der Waals surface area (Å²) in [4.78, 5) is 13.8. The van der Waals surface area contributed by atoms with Crippen molar-refractivity contribution in [3.05, 3.63) is 29.6 Å². The molecule has 1 N–H and O–H groups in total. The number of amides is 1. The minimum Gasteiger partial charge on any atom is -0.497 e. The van der Waals surface area contributed by atoms with Gasteiger partial charge in [0, 0.05) is 31.3 Å². The molecule has 5 heteroatoms. The normalized spacial score (nSPS) is 15.2. The van der Waals surface area contributed by atoms with E-state index in [1.165, 1.54) is 19.6 Å². The maximum atomic E-state index is 13.7. The van der Waals surface area contributed by atoms with Crippen LogP contribution in [0.4, 0.5) is 4.39 Å². The molecular weight excluding hydrogens is 259 g/mol. The lowest BCUT2D eigenvalue weighted by Gasteiger charge is -2.26. The summed E-state index contributed by atoms with van der Waals surface area (Å²) in [5, 5.41) is 3.01. The van der Waals surface area contributed by atoms with E-state index >= 15 is 0 Å². The van der Waals surface area contributed by atoms with Crippen LogP contribution in [0.2, 0.25) is 0 Å². The third-order valence-electron chi connectivity index (χ3n) is 3.56. The molecule has 1 aromatic rings. The zero-order valence-corrected chi connectivity index (χ0v) is 11.8. The molecule has 0 spiro atoms. The van der Waals surface area contributed by atoms with E-state index in [0.29, 0.717) is 17.9 Å². The highest BCUT2D eigenvalue weighted by Crippen LogP contribution is 2.16. The number of hydrogen-bond acceptors (Lipinski definition) is 3. The maximum absolute atomic E-state index is 13.7. The molecule has 1 aliphatic heterocycles. The molecule has 0 bridgehead atoms. The van der Waals surface area contributed by atoms with Crippen LogP contribution in [0, 0.1) is 5.82 Å². The number of carbonyl (C=O) groups is 1. The molecule has 0 atom stereocenters. The van der Waals surface area contributed by atoms with Crippen LogP contribution in [0.25, 0.3) is 0 Å². The molecule has 0 unspecified atom stereocenters. The van der Waals surface area contributed by atoms with E-state index in [9.17, 15) is 9.18 Å². The molecule has 0 radical (unpaired) electrons. The van der Waals surface area contributed by atoms with E-state index in [-0.39, 0.29) is 18.3 Å². The molecule has 1 amide bonds. The van der Waals surface area contributed by atoms with Crippen LogP contribution in [0.1, 0.15) is 24.8 Å². The molecule has 20 heavy (non-hydrogen) atoms. The van der Waals surface area contributed by atoms with Gasteiger partial charge < -0.3 is 15.0 Å². The van der Waals surface area contributed by atoms with Gasteiger partial charge in [0.15, 0.2) is 0 Å². The molecule has 1 fully saturated rings. The summed E-state index contributed by atoms with van der Waals surface area (Å²) >= 11 is 0. The molecule has 1 aliphatic rings. The van der Waals surface area contributed by atoms with Gasteiger partial charge in [-0.05, 0) is 25.3 Å². The van der Waals surface area contributed by atoms with E-state index in [1.807, 2.05) is 4.90 Å². The van der Waals surface area contributed by atoms with Gasteiger partial charge in [0.05, 0.1) is 13.7 Å². The third-order valence-corrected chi connectivity index (χ3v) is 3.56. The molecule has 1 heterocycles. The fourth-order valence-electron chi connectivity index (χ4n) is 2.36. The zero-order valence-electron chi connectivity index (χ0n) is 11.8. The molecule has 0 aliphatic carbocycles. The summed E-state index contributed by atoms with van der Waals surface area (Å²) in [6.45, 7) is 2.29. The number of methoxy groups -OCH3 is 1. The van der Waals surface area contributed by atoms with E-state index in [1.54, 1.807) is 12.1 Å². The fraction of sp³-hybridized carbons (Fsp3) is 0.533. The van der Waals surface area contributed by atoms with E-state index < -0.39 is 0 Å². The first-order valence-corrected chi connectivity index (χ1v) is 7.01. The first kappa shape index (κ1) is 14.8. The van der Waals surface area contributed by atoms with Gasteiger partial charge in [0.25, 0.3) is 0 Å². The van der Waals surface area contributed by atoms with Crippen LogP contribution in [-0.4, -0.2) is 37.6 Å². The first-order valence-electron chi connectivity index (χ1n) is 7.01. The Kier molecular flexibility index (Phi) is 5.35. The van der Waals surface area contributed by atoms with Crippen molar-refractivity contribution in [1.82, 2.24) is 10.2 Å². The Labute approximate surface area is 118 Å². The van der Waals surface area contributed by atoms with Crippen LogP contribution < -0.4 is 10.1 Å². The SMILES string of the molecule is COc1ccc(CNCC(=O)N2CCCCC2)c(F)c1. The molecular formula is C15H21FN2O2. The Hall–Kier alpha value is -1.62. The number of hydrogen-bond donors (Lipinski definition) is 1. The van der Waals surface area contributed by atoms with Crippen molar-refractivity contribution in [1.29, 1.82) is 0 Å².